The van der Waals surface area contributed by atoms with E-state index in [4.69, 9.17) is 14.2 Å². The van der Waals surface area contributed by atoms with Gasteiger partial charge in [-0.05, 0) is 122 Å². The predicted molar refractivity (Wildman–Crippen MR) is 330 cm³/mol. The summed E-state index contributed by atoms with van der Waals surface area (Å²) in [5.74, 6) is -0.896. The number of hydrogen-bond acceptors (Lipinski definition) is 6. The Morgan fingerprint density at radius 3 is 0.829 bits per heavy atom. The molecular formula is C70H120O6. The number of carbonyl (C=O) groups is 3. The maximum Gasteiger partial charge on any atom is 0.306 e. The second-order valence-electron chi connectivity index (χ2n) is 21.3. The molecule has 0 saturated carbocycles. The Hall–Kier alpha value is -3.67. The molecule has 0 N–H and O–H groups in total. The van der Waals surface area contributed by atoms with Crippen LogP contribution in [0.1, 0.15) is 310 Å². The lowest BCUT2D eigenvalue weighted by atomic mass is 10.1. The molecular weight excluding hydrogens is 937 g/mol. The van der Waals surface area contributed by atoms with Crippen molar-refractivity contribution in [3.8, 4) is 0 Å². The average molecular weight is 1060 g/mol. The van der Waals surface area contributed by atoms with Gasteiger partial charge in [0.2, 0.25) is 0 Å². The Bertz CT molecular complexity index is 1490. The van der Waals surface area contributed by atoms with E-state index in [0.29, 0.717) is 19.3 Å². The SMILES string of the molecule is CC/C=C\C/C=C\C/C=C\C/C=C\C/C=C\C/C=C\CCCCCCCCCCCCC(=O)OCC(COC(=O)CCCCCCC/C=C\CCCCCC)OC(=O)CCCCCCC/C=C\CCCCCCCCC. The lowest BCUT2D eigenvalue weighted by Gasteiger charge is -2.18. The Morgan fingerprint density at radius 2 is 0.513 bits per heavy atom. The van der Waals surface area contributed by atoms with Crippen molar-refractivity contribution in [3.05, 3.63) is 97.2 Å². The van der Waals surface area contributed by atoms with E-state index in [1.807, 2.05) is 0 Å². The molecule has 6 heteroatoms. The molecule has 0 aliphatic carbocycles. The lowest BCUT2D eigenvalue weighted by molar-refractivity contribution is -0.167. The molecule has 0 aromatic heterocycles. The third kappa shape index (κ3) is 61.2. The minimum Gasteiger partial charge on any atom is -0.462 e. The first-order chi connectivity index (χ1) is 37.5. The summed E-state index contributed by atoms with van der Waals surface area (Å²) < 4.78 is 16.9. The van der Waals surface area contributed by atoms with Gasteiger partial charge in [-0.3, -0.25) is 14.4 Å². The molecule has 6 nitrogen and oxygen atoms in total. The molecule has 0 rings (SSSR count). The normalized spacial score (nSPS) is 12.7. The Morgan fingerprint density at radius 1 is 0.276 bits per heavy atom. The quantitative estimate of drug-likeness (QED) is 0.0261. The number of rotatable bonds is 58. The summed E-state index contributed by atoms with van der Waals surface area (Å²) in [6, 6.07) is 0. The van der Waals surface area contributed by atoms with Gasteiger partial charge in [0.25, 0.3) is 0 Å². The second-order valence-corrected chi connectivity index (χ2v) is 21.3. The first kappa shape index (κ1) is 72.3. The number of hydrogen-bond donors (Lipinski definition) is 0. The van der Waals surface area contributed by atoms with Gasteiger partial charge in [0.05, 0.1) is 0 Å². The first-order valence-electron chi connectivity index (χ1n) is 32.2. The fourth-order valence-electron chi connectivity index (χ4n) is 8.97. The fourth-order valence-corrected chi connectivity index (χ4v) is 8.97. The van der Waals surface area contributed by atoms with Crippen LogP contribution < -0.4 is 0 Å². The van der Waals surface area contributed by atoms with Crippen LogP contribution in [-0.4, -0.2) is 37.2 Å². The van der Waals surface area contributed by atoms with Gasteiger partial charge in [0.1, 0.15) is 13.2 Å². The van der Waals surface area contributed by atoms with Gasteiger partial charge in [-0.25, -0.2) is 0 Å². The van der Waals surface area contributed by atoms with Crippen molar-refractivity contribution in [1.29, 1.82) is 0 Å². The Labute approximate surface area is 470 Å². The number of ether oxygens (including phenoxy) is 3. The van der Waals surface area contributed by atoms with Crippen LogP contribution in [0.2, 0.25) is 0 Å². The van der Waals surface area contributed by atoms with E-state index < -0.39 is 6.10 Å². The number of unbranched alkanes of at least 4 members (excludes halogenated alkanes) is 31. The molecule has 0 saturated heterocycles. The van der Waals surface area contributed by atoms with E-state index in [1.54, 1.807) is 0 Å². The van der Waals surface area contributed by atoms with E-state index in [1.165, 1.54) is 154 Å². The summed E-state index contributed by atoms with van der Waals surface area (Å²) in [5.41, 5.74) is 0. The molecule has 0 fully saturated rings. The van der Waals surface area contributed by atoms with Gasteiger partial charge in [-0.15, -0.1) is 0 Å². The molecule has 0 bridgehead atoms. The van der Waals surface area contributed by atoms with Gasteiger partial charge in [0, 0.05) is 19.3 Å². The molecule has 1 atom stereocenters. The van der Waals surface area contributed by atoms with E-state index in [-0.39, 0.29) is 31.1 Å². The highest BCUT2D eigenvalue weighted by Gasteiger charge is 2.19. The van der Waals surface area contributed by atoms with Gasteiger partial charge in [0.15, 0.2) is 6.10 Å². The molecule has 0 heterocycles. The number of allylic oxidation sites excluding steroid dienone is 16. The summed E-state index contributed by atoms with van der Waals surface area (Å²) in [6.45, 7) is 6.51. The van der Waals surface area contributed by atoms with Crippen LogP contribution in [0.3, 0.4) is 0 Å². The van der Waals surface area contributed by atoms with E-state index in [9.17, 15) is 14.4 Å². The van der Waals surface area contributed by atoms with Crippen LogP contribution in [0.4, 0.5) is 0 Å². The van der Waals surface area contributed by atoms with Crippen molar-refractivity contribution >= 4 is 17.9 Å². The van der Waals surface area contributed by atoms with Crippen LogP contribution in [-0.2, 0) is 28.6 Å². The van der Waals surface area contributed by atoms with E-state index in [0.717, 1.165) is 116 Å². The monoisotopic (exact) mass is 1060 g/mol. The van der Waals surface area contributed by atoms with Crippen LogP contribution in [0.15, 0.2) is 97.2 Å². The molecule has 76 heavy (non-hydrogen) atoms. The summed E-state index contributed by atoms with van der Waals surface area (Å²) in [6.07, 6.45) is 85.5. The summed E-state index contributed by atoms with van der Waals surface area (Å²) in [7, 11) is 0. The van der Waals surface area contributed by atoms with Crippen molar-refractivity contribution in [2.24, 2.45) is 0 Å². The van der Waals surface area contributed by atoms with Crippen LogP contribution in [0.5, 0.6) is 0 Å². The fraction of sp³-hybridized carbons (Fsp3) is 0.729. The maximum atomic E-state index is 12.9. The maximum absolute atomic E-state index is 12.9. The topological polar surface area (TPSA) is 78.9 Å². The standard InChI is InChI=1S/C70H120O6/c1-4-7-10-13-16-19-22-25-27-29-30-31-32-33-34-35-36-37-38-39-40-41-43-45-48-51-54-57-60-63-69(72)75-66-67(65-74-68(71)62-59-56-53-50-47-44-24-21-18-15-12-9-6-3)76-70(73)64-61-58-55-52-49-46-42-28-26-23-20-17-14-11-8-5-2/h7,10,16,19,21,24-25,27-28,30-31,33-34,36-37,42,67H,4-6,8-9,11-15,17-18,20,22-23,26,29,32,35,38-41,43-66H2,1-3H3/b10-7-,19-16-,24-21-,27-25-,31-30-,34-33-,37-36-,42-28-. The zero-order valence-corrected chi connectivity index (χ0v) is 50.0. The van der Waals surface area contributed by atoms with E-state index >= 15 is 0 Å². The Kier molecular flexibility index (Phi) is 60.8. The van der Waals surface area contributed by atoms with Crippen LogP contribution >= 0.6 is 0 Å². The number of esters is 3. The molecule has 436 valence electrons. The third-order valence-electron chi connectivity index (χ3n) is 13.8. The van der Waals surface area contributed by atoms with Crippen molar-refractivity contribution < 1.29 is 28.6 Å². The van der Waals surface area contributed by atoms with Gasteiger partial charge in [-0.1, -0.05) is 266 Å². The molecule has 0 aromatic rings. The Balaban J connectivity index is 4.29. The lowest BCUT2D eigenvalue weighted by Crippen LogP contribution is -2.30. The summed E-state index contributed by atoms with van der Waals surface area (Å²) in [4.78, 5) is 38.3. The van der Waals surface area contributed by atoms with E-state index in [2.05, 4.69) is 118 Å². The predicted octanol–water partition coefficient (Wildman–Crippen LogP) is 22.0. The summed E-state index contributed by atoms with van der Waals surface area (Å²) in [5, 5.41) is 0. The molecule has 1 unspecified atom stereocenters. The average Bonchev–Trinajstić information content (AvgIpc) is 3.42. The molecule has 0 aliphatic heterocycles. The second kappa shape index (κ2) is 63.9. The van der Waals surface area contributed by atoms with Crippen LogP contribution in [0, 0.1) is 0 Å². The zero-order chi connectivity index (χ0) is 55.0. The highest BCUT2D eigenvalue weighted by atomic mass is 16.6. The smallest absolute Gasteiger partial charge is 0.306 e. The zero-order valence-electron chi connectivity index (χ0n) is 50.0. The molecule has 0 aliphatic rings. The third-order valence-corrected chi connectivity index (χ3v) is 13.8. The minimum atomic E-state index is -0.787. The molecule has 0 spiro atoms. The molecule has 0 radical (unpaired) electrons. The first-order valence-corrected chi connectivity index (χ1v) is 32.2. The molecule has 0 amide bonds. The summed E-state index contributed by atoms with van der Waals surface area (Å²) >= 11 is 0. The number of carbonyl (C=O) groups excluding carboxylic acids is 3. The molecule has 0 aromatic carbocycles. The van der Waals surface area contributed by atoms with Gasteiger partial charge in [-0.2, -0.15) is 0 Å². The highest BCUT2D eigenvalue weighted by Crippen LogP contribution is 2.16. The van der Waals surface area contributed by atoms with Crippen LogP contribution in [0.25, 0.3) is 0 Å². The van der Waals surface area contributed by atoms with Gasteiger partial charge >= 0.3 is 17.9 Å². The van der Waals surface area contributed by atoms with Gasteiger partial charge < -0.3 is 14.2 Å². The van der Waals surface area contributed by atoms with Crippen molar-refractivity contribution in [1.82, 2.24) is 0 Å². The van der Waals surface area contributed by atoms with Crippen molar-refractivity contribution in [2.45, 2.75) is 316 Å². The van der Waals surface area contributed by atoms with Crippen molar-refractivity contribution in [3.63, 3.8) is 0 Å². The largest absolute Gasteiger partial charge is 0.462 e. The highest BCUT2D eigenvalue weighted by molar-refractivity contribution is 5.71. The minimum absolute atomic E-state index is 0.0844. The van der Waals surface area contributed by atoms with Crippen molar-refractivity contribution in [2.75, 3.05) is 13.2 Å².